The summed E-state index contributed by atoms with van der Waals surface area (Å²) < 4.78 is 5.76. The van der Waals surface area contributed by atoms with Gasteiger partial charge in [-0.15, -0.1) is 0 Å². The number of amides is 6. The number of nitrogens with one attached hydrogen (secondary N) is 6. The van der Waals surface area contributed by atoms with Crippen LogP contribution in [0, 0.1) is 0 Å². The number of carbonyl (C=O) groups excluding carboxylic acids is 6. The van der Waals surface area contributed by atoms with Gasteiger partial charge in [0.2, 0.25) is 23.7 Å². The third kappa shape index (κ3) is 11.3. The third-order valence-electron chi connectivity index (χ3n) is 11.7. The van der Waals surface area contributed by atoms with E-state index in [4.69, 9.17) is 16.3 Å². The molecule has 2 saturated heterocycles. The number of fused-ring (bicyclic) bond motifs is 1. The number of hydrogen-bond acceptors (Lipinski definition) is 14. The summed E-state index contributed by atoms with van der Waals surface area (Å²) in [6.07, 6.45) is 7.95. The zero-order valence-corrected chi connectivity index (χ0v) is 37.3. The number of aromatic nitrogens is 2. The zero-order valence-electron chi connectivity index (χ0n) is 36.5. The van der Waals surface area contributed by atoms with Crippen LogP contribution in [0.1, 0.15) is 82.4 Å². The number of anilines is 6. The maximum absolute atomic E-state index is 13.3. The predicted octanol–water partition coefficient (Wildman–Crippen LogP) is 5.08. The lowest BCUT2D eigenvalue weighted by molar-refractivity contribution is -0.136. The van der Waals surface area contributed by atoms with Crippen molar-refractivity contribution in [2.45, 2.75) is 57.4 Å². The number of nitrogens with zero attached hydrogens (tertiary/aromatic N) is 5. The molecule has 4 aromatic rings. The van der Waals surface area contributed by atoms with Crippen LogP contribution in [0.15, 0.2) is 66.9 Å². The van der Waals surface area contributed by atoms with E-state index < -0.39 is 29.7 Å². The Balaban J connectivity index is 0.766. The number of unbranched alkanes of at least 4 members (excludes halogenated alkanes) is 5. The monoisotopic (exact) mass is 907 g/mol. The number of para-hydroxylation sites is 1. The second-order valence-electron chi connectivity index (χ2n) is 16.0. The van der Waals surface area contributed by atoms with Crippen LogP contribution in [-0.4, -0.2) is 121 Å². The van der Waals surface area contributed by atoms with E-state index in [2.05, 4.69) is 57.7 Å². The first kappa shape index (κ1) is 46.2. The van der Waals surface area contributed by atoms with Gasteiger partial charge in [-0.2, -0.15) is 4.98 Å². The first-order valence-electron chi connectivity index (χ1n) is 21.9. The maximum Gasteiger partial charge on any atom is 0.264 e. The number of methoxy groups -OCH3 is 1. The number of piperidine rings is 1. The molecular weight excluding hydrogens is 854 g/mol. The second kappa shape index (κ2) is 21.7. The minimum atomic E-state index is -1.06. The number of ether oxygens (including phenoxy) is 1. The Morgan fingerprint density at radius 3 is 2.38 bits per heavy atom. The van der Waals surface area contributed by atoms with Gasteiger partial charge in [0.1, 0.15) is 16.8 Å². The molecule has 65 heavy (non-hydrogen) atoms. The maximum atomic E-state index is 13.3. The molecule has 342 valence electrons. The van der Waals surface area contributed by atoms with Crippen molar-refractivity contribution in [1.29, 1.82) is 0 Å². The first-order valence-corrected chi connectivity index (χ1v) is 22.3. The largest absolute Gasteiger partial charge is 0.494 e. The lowest BCUT2D eigenvalue weighted by Crippen LogP contribution is -2.54. The summed E-state index contributed by atoms with van der Waals surface area (Å²) in [5, 5.41) is 17.4. The third-order valence-corrected chi connectivity index (χ3v) is 12.0. The number of benzene rings is 3. The first-order chi connectivity index (χ1) is 31.5. The zero-order chi connectivity index (χ0) is 45.9. The molecule has 0 radical (unpaired) electrons. The van der Waals surface area contributed by atoms with Crippen molar-refractivity contribution in [3.63, 3.8) is 0 Å². The van der Waals surface area contributed by atoms with Gasteiger partial charge in [-0.05, 0) is 62.2 Å². The number of piperazine rings is 1. The van der Waals surface area contributed by atoms with Crippen LogP contribution < -0.4 is 41.5 Å². The molecular formula is C46H54ClN11O7. The van der Waals surface area contributed by atoms with Crippen LogP contribution in [0.25, 0.3) is 0 Å². The SMILES string of the molecule is CNC(=O)c1ccccc1Nc1nc(Nc2ccc(N3CCN(CCCCCCCCNC(=O)CNc4cccc5c4C(=O)N(C4CCC(=O)NC4=O)C5=O)CC3)cc2OC)ncc1Cl. The van der Waals surface area contributed by atoms with E-state index in [1.807, 2.05) is 18.2 Å². The van der Waals surface area contributed by atoms with Crippen LogP contribution in [0.4, 0.5) is 34.5 Å². The Hall–Kier alpha value is -6.79. The number of hydrogen-bond donors (Lipinski definition) is 6. The molecule has 2 fully saturated rings. The van der Waals surface area contributed by atoms with Crippen molar-refractivity contribution in [3.05, 3.63) is 88.6 Å². The quantitative estimate of drug-likeness (QED) is 0.0504. The molecule has 6 N–H and O–H groups in total. The van der Waals surface area contributed by atoms with Gasteiger partial charge in [-0.25, -0.2) is 4.98 Å². The van der Waals surface area contributed by atoms with Crippen molar-refractivity contribution < 1.29 is 33.5 Å². The summed E-state index contributed by atoms with van der Waals surface area (Å²) in [6.45, 7) is 5.25. The summed E-state index contributed by atoms with van der Waals surface area (Å²) in [6, 6.07) is 16.8. The van der Waals surface area contributed by atoms with Gasteiger partial charge in [-0.3, -0.25) is 43.9 Å². The standard InChI is InChI=1S/C46H54ClN11O7/c1-48-42(61)30-12-7-8-14-33(30)52-41-32(47)27-51-46(55-41)53-34-17-16-29(26-37(34)65-2)57-24-22-56(23-25-57)21-10-6-4-3-5-9-20-49-39(60)28-50-35-15-11-13-31-40(35)45(64)58(44(31)63)36-18-19-38(59)54-43(36)62/h7-8,11-17,26-27,36,50H,3-6,9-10,18-25,28H2,1-2H3,(H,48,61)(H,49,60)(H,54,59,62)(H2,51,52,53,55). The van der Waals surface area contributed by atoms with Crippen LogP contribution in [0.5, 0.6) is 5.75 Å². The Labute approximate surface area is 382 Å². The summed E-state index contributed by atoms with van der Waals surface area (Å²) in [7, 11) is 3.20. The van der Waals surface area contributed by atoms with Gasteiger partial charge in [0, 0.05) is 63.6 Å². The smallest absolute Gasteiger partial charge is 0.264 e. The molecule has 18 nitrogen and oxygen atoms in total. The highest BCUT2D eigenvalue weighted by molar-refractivity contribution is 6.33. The minimum absolute atomic E-state index is 0.0394. The Bertz CT molecular complexity index is 2430. The molecule has 1 atom stereocenters. The topological polar surface area (TPSA) is 219 Å². The van der Waals surface area contributed by atoms with Gasteiger partial charge in [0.05, 0.1) is 47.9 Å². The minimum Gasteiger partial charge on any atom is -0.494 e. The van der Waals surface area contributed by atoms with Crippen LogP contribution >= 0.6 is 11.6 Å². The lowest BCUT2D eigenvalue weighted by atomic mass is 10.0. The van der Waals surface area contributed by atoms with E-state index in [0.717, 1.165) is 81.8 Å². The van der Waals surface area contributed by atoms with Crippen LogP contribution in [-0.2, 0) is 14.4 Å². The molecule has 3 aliphatic rings. The van der Waals surface area contributed by atoms with Crippen molar-refractivity contribution in [2.75, 3.05) is 80.8 Å². The molecule has 1 aromatic heterocycles. The van der Waals surface area contributed by atoms with Crippen LogP contribution in [0.3, 0.4) is 0 Å². The summed E-state index contributed by atoms with van der Waals surface area (Å²) in [5.74, 6) is -1.49. The van der Waals surface area contributed by atoms with Gasteiger partial charge in [0.25, 0.3) is 17.7 Å². The summed E-state index contributed by atoms with van der Waals surface area (Å²) >= 11 is 6.43. The molecule has 0 aliphatic carbocycles. The fourth-order valence-electron chi connectivity index (χ4n) is 8.19. The number of rotatable bonds is 20. The molecule has 19 heteroatoms. The molecule has 6 amide bonds. The van der Waals surface area contributed by atoms with E-state index in [1.54, 1.807) is 44.5 Å². The van der Waals surface area contributed by atoms with E-state index >= 15 is 0 Å². The Morgan fingerprint density at radius 2 is 1.62 bits per heavy atom. The normalized spacial score (nSPS) is 16.2. The number of imide groups is 2. The van der Waals surface area contributed by atoms with Crippen molar-refractivity contribution in [1.82, 2.24) is 35.7 Å². The van der Waals surface area contributed by atoms with Gasteiger partial charge >= 0.3 is 0 Å². The van der Waals surface area contributed by atoms with Crippen LogP contribution in [0.2, 0.25) is 5.02 Å². The molecule has 3 aliphatic heterocycles. The Kier molecular flexibility index (Phi) is 15.4. The summed E-state index contributed by atoms with van der Waals surface area (Å²) in [4.78, 5) is 90.0. The summed E-state index contributed by atoms with van der Waals surface area (Å²) in [5.41, 5.74) is 3.40. The molecule has 3 aromatic carbocycles. The Morgan fingerprint density at radius 1 is 0.862 bits per heavy atom. The van der Waals surface area contributed by atoms with Crippen molar-refractivity contribution in [3.8, 4) is 5.75 Å². The highest BCUT2D eigenvalue weighted by Crippen LogP contribution is 2.34. The van der Waals surface area contributed by atoms with Gasteiger partial charge < -0.3 is 36.2 Å². The van der Waals surface area contributed by atoms with Crippen molar-refractivity contribution in [2.24, 2.45) is 0 Å². The number of carbonyl (C=O) groups is 6. The molecule has 4 heterocycles. The molecule has 0 bridgehead atoms. The second-order valence-corrected chi connectivity index (χ2v) is 16.4. The van der Waals surface area contributed by atoms with Gasteiger partial charge in [0.15, 0.2) is 5.82 Å². The average Bonchev–Trinajstić information content (AvgIpc) is 3.57. The predicted molar refractivity (Wildman–Crippen MR) is 247 cm³/mol. The number of halogens is 1. The fraction of sp³-hybridized carbons (Fsp3) is 0.391. The van der Waals surface area contributed by atoms with E-state index in [-0.39, 0.29) is 42.3 Å². The highest BCUT2D eigenvalue weighted by Gasteiger charge is 2.45. The van der Waals surface area contributed by atoms with E-state index in [0.29, 0.717) is 51.7 Å². The molecule has 7 rings (SSSR count). The molecule has 0 saturated carbocycles. The highest BCUT2D eigenvalue weighted by atomic mass is 35.5. The lowest BCUT2D eigenvalue weighted by Gasteiger charge is -2.36. The molecule has 1 unspecified atom stereocenters. The molecule has 0 spiro atoms. The van der Waals surface area contributed by atoms with E-state index in [9.17, 15) is 28.8 Å². The van der Waals surface area contributed by atoms with Gasteiger partial charge in [-0.1, -0.05) is 55.5 Å². The van der Waals surface area contributed by atoms with Crippen molar-refractivity contribution >= 4 is 81.6 Å². The fourth-order valence-corrected chi connectivity index (χ4v) is 8.33. The average molecular weight is 908 g/mol. The van der Waals surface area contributed by atoms with E-state index in [1.165, 1.54) is 12.3 Å².